The minimum atomic E-state index is -0.340. The fourth-order valence-corrected chi connectivity index (χ4v) is 2.18. The van der Waals surface area contributed by atoms with Crippen molar-refractivity contribution in [2.24, 2.45) is 5.92 Å². The third-order valence-electron chi connectivity index (χ3n) is 2.69. The number of nitrogens with one attached hydrogen (secondary N) is 1. The van der Waals surface area contributed by atoms with Crippen LogP contribution in [0.25, 0.3) is 0 Å². The molecule has 1 rings (SSSR count). The summed E-state index contributed by atoms with van der Waals surface area (Å²) in [7, 11) is 0. The number of alkyl halides is 1. The van der Waals surface area contributed by atoms with Crippen molar-refractivity contribution >= 4 is 21.8 Å². The highest BCUT2D eigenvalue weighted by Crippen LogP contribution is 2.23. The first-order valence-corrected chi connectivity index (χ1v) is 7.02. The van der Waals surface area contributed by atoms with E-state index in [1.165, 1.54) is 0 Å². The number of amides is 1. The molecule has 0 fully saturated rings. The van der Waals surface area contributed by atoms with E-state index >= 15 is 0 Å². The molecule has 3 heteroatoms. The summed E-state index contributed by atoms with van der Waals surface area (Å²) in [6.07, 6.45) is 0.565. The van der Waals surface area contributed by atoms with E-state index in [4.69, 9.17) is 0 Å². The SMILES string of the molecule is CC(C)CC(=O)NC(C)(CBr)c1ccccc1. The van der Waals surface area contributed by atoms with Crippen molar-refractivity contribution < 1.29 is 4.79 Å². The van der Waals surface area contributed by atoms with Crippen LogP contribution in [-0.4, -0.2) is 11.2 Å². The van der Waals surface area contributed by atoms with Crippen LogP contribution in [0.5, 0.6) is 0 Å². The second kappa shape index (κ2) is 6.20. The van der Waals surface area contributed by atoms with E-state index in [-0.39, 0.29) is 11.4 Å². The van der Waals surface area contributed by atoms with Gasteiger partial charge in [0.2, 0.25) is 5.91 Å². The Morgan fingerprint density at radius 3 is 2.41 bits per heavy atom. The first-order chi connectivity index (χ1) is 7.98. The van der Waals surface area contributed by atoms with E-state index in [1.54, 1.807) is 0 Å². The zero-order valence-electron chi connectivity index (χ0n) is 10.7. The molecule has 0 heterocycles. The quantitative estimate of drug-likeness (QED) is 0.829. The molecule has 0 spiro atoms. The van der Waals surface area contributed by atoms with Crippen molar-refractivity contribution in [1.29, 1.82) is 0 Å². The van der Waals surface area contributed by atoms with Gasteiger partial charge in [-0.1, -0.05) is 60.1 Å². The van der Waals surface area contributed by atoms with Crippen LogP contribution in [0.15, 0.2) is 30.3 Å². The summed E-state index contributed by atoms with van der Waals surface area (Å²) < 4.78 is 0. The van der Waals surface area contributed by atoms with E-state index in [2.05, 4.69) is 21.2 Å². The van der Waals surface area contributed by atoms with Crippen molar-refractivity contribution in [3.63, 3.8) is 0 Å². The highest BCUT2D eigenvalue weighted by atomic mass is 79.9. The molecule has 94 valence electrons. The molecule has 17 heavy (non-hydrogen) atoms. The average Bonchev–Trinajstić information content (AvgIpc) is 2.29. The van der Waals surface area contributed by atoms with Crippen LogP contribution >= 0.6 is 15.9 Å². The fraction of sp³-hybridized carbons (Fsp3) is 0.500. The number of carbonyl (C=O) groups is 1. The van der Waals surface area contributed by atoms with E-state index in [9.17, 15) is 4.79 Å². The van der Waals surface area contributed by atoms with Gasteiger partial charge >= 0.3 is 0 Å². The van der Waals surface area contributed by atoms with Gasteiger partial charge in [-0.2, -0.15) is 0 Å². The third kappa shape index (κ3) is 4.15. The van der Waals surface area contributed by atoms with Crippen LogP contribution in [0.4, 0.5) is 0 Å². The molecule has 0 aliphatic rings. The molecular weight excluding hydrogens is 278 g/mol. The zero-order valence-corrected chi connectivity index (χ0v) is 12.3. The third-order valence-corrected chi connectivity index (χ3v) is 3.81. The van der Waals surface area contributed by atoms with Gasteiger partial charge in [0.15, 0.2) is 0 Å². The van der Waals surface area contributed by atoms with Crippen LogP contribution in [0.3, 0.4) is 0 Å². The molecule has 2 nitrogen and oxygen atoms in total. The highest BCUT2D eigenvalue weighted by Gasteiger charge is 2.27. The summed E-state index contributed by atoms with van der Waals surface area (Å²) in [5, 5.41) is 3.81. The van der Waals surface area contributed by atoms with Crippen molar-refractivity contribution in [3.8, 4) is 0 Å². The van der Waals surface area contributed by atoms with E-state index in [0.717, 1.165) is 5.56 Å². The fourth-order valence-electron chi connectivity index (χ4n) is 1.72. The lowest BCUT2D eigenvalue weighted by Gasteiger charge is -2.29. The van der Waals surface area contributed by atoms with E-state index in [0.29, 0.717) is 17.7 Å². The lowest BCUT2D eigenvalue weighted by molar-refractivity contribution is -0.123. The van der Waals surface area contributed by atoms with Crippen LogP contribution in [0.2, 0.25) is 0 Å². The molecule has 0 aliphatic carbocycles. The Hall–Kier alpha value is -0.830. The molecule has 0 saturated carbocycles. The lowest BCUT2D eigenvalue weighted by atomic mass is 9.93. The molecule has 0 radical (unpaired) electrons. The smallest absolute Gasteiger partial charge is 0.220 e. The van der Waals surface area contributed by atoms with E-state index < -0.39 is 0 Å². The summed E-state index contributed by atoms with van der Waals surface area (Å²) in [4.78, 5) is 11.9. The number of hydrogen-bond donors (Lipinski definition) is 1. The second-order valence-corrected chi connectivity index (χ2v) is 5.54. The zero-order chi connectivity index (χ0) is 12.9. The first-order valence-electron chi connectivity index (χ1n) is 5.90. The number of rotatable bonds is 5. The summed E-state index contributed by atoms with van der Waals surface area (Å²) in [6, 6.07) is 10.0. The Bertz CT molecular complexity index is 364. The highest BCUT2D eigenvalue weighted by molar-refractivity contribution is 9.09. The second-order valence-electron chi connectivity index (χ2n) is 4.98. The summed E-state index contributed by atoms with van der Waals surface area (Å²) >= 11 is 3.49. The van der Waals surface area contributed by atoms with Crippen LogP contribution in [0, 0.1) is 5.92 Å². The summed E-state index contributed by atoms with van der Waals surface area (Å²) in [5.74, 6) is 0.483. The molecule has 1 atom stereocenters. The maximum atomic E-state index is 11.9. The van der Waals surface area contributed by atoms with Crippen LogP contribution in [-0.2, 0) is 10.3 Å². The normalized spacial score (nSPS) is 14.4. The predicted octanol–water partition coefficient (Wildman–Crippen LogP) is 3.46. The van der Waals surface area contributed by atoms with Crippen molar-refractivity contribution in [1.82, 2.24) is 5.32 Å². The molecule has 1 unspecified atom stereocenters. The molecule has 1 amide bonds. The van der Waals surface area contributed by atoms with Gasteiger partial charge in [-0.25, -0.2) is 0 Å². The van der Waals surface area contributed by atoms with Gasteiger partial charge < -0.3 is 5.32 Å². The average molecular weight is 298 g/mol. The van der Waals surface area contributed by atoms with Gasteiger partial charge in [0.05, 0.1) is 5.54 Å². The Morgan fingerprint density at radius 1 is 1.35 bits per heavy atom. The van der Waals surface area contributed by atoms with Gasteiger partial charge in [-0.05, 0) is 18.4 Å². The van der Waals surface area contributed by atoms with Crippen LogP contribution < -0.4 is 5.32 Å². The van der Waals surface area contributed by atoms with Crippen molar-refractivity contribution in [2.75, 3.05) is 5.33 Å². The predicted molar refractivity (Wildman–Crippen MR) is 75.2 cm³/mol. The maximum absolute atomic E-state index is 11.9. The minimum Gasteiger partial charge on any atom is -0.346 e. The Labute approximate surface area is 112 Å². The number of hydrogen-bond acceptors (Lipinski definition) is 1. The molecule has 0 aromatic heterocycles. The Morgan fingerprint density at radius 2 is 1.94 bits per heavy atom. The van der Waals surface area contributed by atoms with Gasteiger partial charge in [0.1, 0.15) is 0 Å². The van der Waals surface area contributed by atoms with E-state index in [1.807, 2.05) is 51.1 Å². The monoisotopic (exact) mass is 297 g/mol. The maximum Gasteiger partial charge on any atom is 0.220 e. The first kappa shape index (κ1) is 14.2. The number of carbonyl (C=O) groups excluding carboxylic acids is 1. The molecule has 0 saturated heterocycles. The Balaban J connectivity index is 2.79. The van der Waals surface area contributed by atoms with Crippen molar-refractivity contribution in [3.05, 3.63) is 35.9 Å². The lowest BCUT2D eigenvalue weighted by Crippen LogP contribution is -2.45. The number of halogens is 1. The van der Waals surface area contributed by atoms with Gasteiger partial charge in [-0.3, -0.25) is 4.79 Å². The van der Waals surface area contributed by atoms with Crippen molar-refractivity contribution in [2.45, 2.75) is 32.7 Å². The van der Waals surface area contributed by atoms with Gasteiger partial charge in [-0.15, -0.1) is 0 Å². The van der Waals surface area contributed by atoms with Gasteiger partial charge in [0.25, 0.3) is 0 Å². The molecule has 0 aliphatic heterocycles. The minimum absolute atomic E-state index is 0.103. The molecular formula is C14H20BrNO. The largest absolute Gasteiger partial charge is 0.346 e. The molecule has 1 aromatic carbocycles. The summed E-state index contributed by atoms with van der Waals surface area (Å²) in [6.45, 7) is 6.14. The number of benzene rings is 1. The standard InChI is InChI=1S/C14H20BrNO/c1-11(2)9-13(17)16-14(3,10-15)12-7-5-4-6-8-12/h4-8,11H,9-10H2,1-3H3,(H,16,17). The van der Waals surface area contributed by atoms with Gasteiger partial charge in [0, 0.05) is 11.8 Å². The Kier molecular flexibility index (Phi) is 5.19. The molecule has 1 aromatic rings. The summed E-state index contributed by atoms with van der Waals surface area (Å²) in [5.41, 5.74) is 0.779. The molecule has 0 bridgehead atoms. The van der Waals surface area contributed by atoms with Crippen LogP contribution in [0.1, 0.15) is 32.8 Å². The topological polar surface area (TPSA) is 29.1 Å². The molecule has 1 N–H and O–H groups in total.